The number of aromatic amines is 1. The number of carbonyl (C=O) groups is 1. The molecule has 3 rings (SSSR count). The van der Waals surface area contributed by atoms with Crippen LogP contribution in [0.1, 0.15) is 30.4 Å². The summed E-state index contributed by atoms with van der Waals surface area (Å²) < 4.78 is 76.9. The van der Waals surface area contributed by atoms with E-state index >= 15 is 0 Å². The molecule has 204 valence electrons. The molecule has 0 saturated carbocycles. The van der Waals surface area contributed by atoms with Crippen molar-refractivity contribution in [3.8, 4) is 0 Å². The quantitative estimate of drug-likeness (QED) is 0.213. The van der Waals surface area contributed by atoms with E-state index in [0.29, 0.717) is 25.4 Å². The number of piperidine rings is 1. The van der Waals surface area contributed by atoms with Crippen LogP contribution in [-0.2, 0) is 22.0 Å². The smallest absolute Gasteiger partial charge is 0.391 e. The SMILES string of the molecule is O=C(C[C@H]1CCN(c2ncc(C(F)(F)F)cn2)C[C@@H]1O)NOCCCNc1cn[nH]c(=O)c1C(F)(F)F. The van der Waals surface area contributed by atoms with Crippen molar-refractivity contribution in [3.05, 3.63) is 40.1 Å². The van der Waals surface area contributed by atoms with Crippen LogP contribution in [0, 0.1) is 5.92 Å². The number of nitrogens with one attached hydrogen (secondary N) is 3. The summed E-state index contributed by atoms with van der Waals surface area (Å²) in [7, 11) is 0. The van der Waals surface area contributed by atoms with Crippen LogP contribution >= 0.6 is 0 Å². The highest BCUT2D eigenvalue weighted by Gasteiger charge is 2.37. The number of hydroxylamine groups is 1. The lowest BCUT2D eigenvalue weighted by molar-refractivity contribution is -0.139. The Labute approximate surface area is 205 Å². The Hall–Kier alpha value is -3.47. The molecule has 2 aromatic rings. The van der Waals surface area contributed by atoms with Crippen LogP contribution in [0.15, 0.2) is 23.4 Å². The average molecular weight is 539 g/mol. The van der Waals surface area contributed by atoms with E-state index in [2.05, 4.69) is 25.9 Å². The lowest BCUT2D eigenvalue weighted by Crippen LogP contribution is -2.46. The van der Waals surface area contributed by atoms with E-state index < -0.39 is 52.7 Å². The maximum absolute atomic E-state index is 13.0. The standard InChI is InChI=1S/C20H23F6N7O4/c21-19(22,23)12-7-28-18(29-8-12)33-4-2-11(14(34)10-33)6-15(35)32-37-5-1-3-27-13-9-30-31-17(36)16(13)20(24,25)26/h7-9,11,14,34H,1-6,10H2,(H,32,35)(H2,27,31,36)/t11-,14+/m1/s1. The van der Waals surface area contributed by atoms with E-state index in [1.807, 2.05) is 0 Å². The number of hydrogen-bond donors (Lipinski definition) is 4. The molecule has 11 nitrogen and oxygen atoms in total. The Balaban J connectivity index is 1.36. The van der Waals surface area contributed by atoms with Gasteiger partial charge >= 0.3 is 12.4 Å². The zero-order chi connectivity index (χ0) is 27.2. The van der Waals surface area contributed by atoms with E-state index in [-0.39, 0.29) is 38.5 Å². The minimum atomic E-state index is -4.87. The fourth-order valence-corrected chi connectivity index (χ4v) is 3.62. The van der Waals surface area contributed by atoms with E-state index in [9.17, 15) is 41.0 Å². The van der Waals surface area contributed by atoms with Crippen LogP contribution in [0.4, 0.5) is 38.0 Å². The zero-order valence-corrected chi connectivity index (χ0v) is 19.1. The van der Waals surface area contributed by atoms with E-state index in [1.54, 1.807) is 5.10 Å². The maximum atomic E-state index is 13.0. The predicted octanol–water partition coefficient (Wildman–Crippen LogP) is 1.72. The molecule has 0 aromatic carbocycles. The summed E-state index contributed by atoms with van der Waals surface area (Å²) >= 11 is 0. The summed E-state index contributed by atoms with van der Waals surface area (Å²) in [6, 6.07) is 0. The Bertz CT molecular complexity index is 1110. The summed E-state index contributed by atoms with van der Waals surface area (Å²) in [5, 5.41) is 17.9. The highest BCUT2D eigenvalue weighted by atomic mass is 19.4. The van der Waals surface area contributed by atoms with Gasteiger partial charge < -0.3 is 15.3 Å². The number of β-amino-alcohol motifs (C(OH)–C–C–N with tert-alkyl or cyclic N) is 1. The van der Waals surface area contributed by atoms with Crippen LogP contribution in [0.5, 0.6) is 0 Å². The Morgan fingerprint density at radius 2 is 1.86 bits per heavy atom. The third-order valence-corrected chi connectivity index (χ3v) is 5.48. The van der Waals surface area contributed by atoms with Crippen molar-refractivity contribution >= 4 is 17.5 Å². The topological polar surface area (TPSA) is 145 Å². The first kappa shape index (κ1) is 28.1. The van der Waals surface area contributed by atoms with Crippen LogP contribution < -0.4 is 21.3 Å². The fourth-order valence-electron chi connectivity index (χ4n) is 3.62. The molecule has 1 saturated heterocycles. The predicted molar refractivity (Wildman–Crippen MR) is 115 cm³/mol. The second kappa shape index (κ2) is 11.7. The normalized spacial score (nSPS) is 18.5. The second-order valence-corrected chi connectivity index (χ2v) is 8.18. The highest BCUT2D eigenvalue weighted by Crippen LogP contribution is 2.31. The van der Waals surface area contributed by atoms with E-state index in [0.717, 1.165) is 6.20 Å². The van der Waals surface area contributed by atoms with Crippen LogP contribution in [0.25, 0.3) is 0 Å². The number of carbonyl (C=O) groups excluding carboxylic acids is 1. The first-order valence-electron chi connectivity index (χ1n) is 11.0. The van der Waals surface area contributed by atoms with Gasteiger partial charge in [0, 0.05) is 38.4 Å². The van der Waals surface area contributed by atoms with Gasteiger partial charge in [-0.15, -0.1) is 0 Å². The summed E-state index contributed by atoms with van der Waals surface area (Å²) in [5.41, 5.74) is -2.06. The molecule has 2 atom stereocenters. The number of halogens is 6. The van der Waals surface area contributed by atoms with Crippen molar-refractivity contribution in [2.24, 2.45) is 5.92 Å². The molecule has 0 unspecified atom stereocenters. The number of H-pyrrole nitrogens is 1. The average Bonchev–Trinajstić information content (AvgIpc) is 2.81. The van der Waals surface area contributed by atoms with Gasteiger partial charge in [-0.2, -0.15) is 31.4 Å². The first-order valence-corrected chi connectivity index (χ1v) is 11.0. The summed E-state index contributed by atoms with van der Waals surface area (Å²) in [4.78, 5) is 37.4. The molecule has 1 aliphatic rings. The lowest BCUT2D eigenvalue weighted by atomic mass is 9.91. The number of aromatic nitrogens is 4. The number of rotatable bonds is 9. The number of aliphatic hydroxyl groups excluding tert-OH is 1. The molecule has 3 heterocycles. The number of nitrogens with zero attached hydrogens (tertiary/aromatic N) is 4. The monoisotopic (exact) mass is 539 g/mol. The number of alkyl halides is 6. The molecule has 4 N–H and O–H groups in total. The number of anilines is 2. The lowest BCUT2D eigenvalue weighted by Gasteiger charge is -2.35. The van der Waals surface area contributed by atoms with Crippen molar-refractivity contribution in [3.63, 3.8) is 0 Å². The molecular weight excluding hydrogens is 516 g/mol. The third kappa shape index (κ3) is 7.75. The number of aliphatic hydroxyl groups is 1. The first-order chi connectivity index (χ1) is 17.4. The summed E-state index contributed by atoms with van der Waals surface area (Å²) in [5.74, 6) is -0.944. The van der Waals surface area contributed by atoms with E-state index in [4.69, 9.17) is 4.84 Å². The third-order valence-electron chi connectivity index (χ3n) is 5.48. The van der Waals surface area contributed by atoms with Gasteiger partial charge in [-0.25, -0.2) is 20.5 Å². The molecule has 0 aliphatic carbocycles. The van der Waals surface area contributed by atoms with Crippen LogP contribution in [0.2, 0.25) is 0 Å². The molecule has 2 aromatic heterocycles. The van der Waals surface area contributed by atoms with Crippen molar-refractivity contribution in [1.29, 1.82) is 0 Å². The summed E-state index contributed by atoms with van der Waals surface area (Å²) in [6.45, 7) is 0.271. The van der Waals surface area contributed by atoms with Gasteiger partial charge in [-0.3, -0.25) is 14.4 Å². The maximum Gasteiger partial charge on any atom is 0.423 e. The van der Waals surface area contributed by atoms with Gasteiger partial charge in [0.2, 0.25) is 11.9 Å². The molecule has 37 heavy (non-hydrogen) atoms. The van der Waals surface area contributed by atoms with Gasteiger partial charge in [0.05, 0.1) is 30.2 Å². The van der Waals surface area contributed by atoms with Crippen LogP contribution in [0.3, 0.4) is 0 Å². The van der Waals surface area contributed by atoms with Crippen molar-refractivity contribution in [2.45, 2.75) is 37.7 Å². The summed E-state index contributed by atoms with van der Waals surface area (Å²) in [6.07, 6.45) is -7.81. The Morgan fingerprint density at radius 1 is 1.16 bits per heavy atom. The Morgan fingerprint density at radius 3 is 2.49 bits per heavy atom. The molecule has 0 spiro atoms. The largest absolute Gasteiger partial charge is 0.423 e. The molecule has 0 radical (unpaired) electrons. The van der Waals surface area contributed by atoms with Gasteiger partial charge in [0.1, 0.15) is 5.56 Å². The number of amides is 1. The second-order valence-electron chi connectivity index (χ2n) is 8.18. The molecule has 17 heteroatoms. The molecule has 0 bridgehead atoms. The van der Waals surface area contributed by atoms with Gasteiger partial charge in [-0.1, -0.05) is 0 Å². The Kier molecular flexibility index (Phi) is 8.90. The molecule has 1 amide bonds. The van der Waals surface area contributed by atoms with Crippen molar-refractivity contribution in [1.82, 2.24) is 25.6 Å². The van der Waals surface area contributed by atoms with Crippen LogP contribution in [-0.4, -0.2) is 63.5 Å². The fraction of sp³-hybridized carbons (Fsp3) is 0.550. The number of hydrogen-bond acceptors (Lipinski definition) is 9. The van der Waals surface area contributed by atoms with Gasteiger partial charge in [0.15, 0.2) is 0 Å². The van der Waals surface area contributed by atoms with Crippen molar-refractivity contribution in [2.75, 3.05) is 36.5 Å². The van der Waals surface area contributed by atoms with Crippen molar-refractivity contribution < 1.29 is 41.1 Å². The minimum absolute atomic E-state index is 0.00667. The van der Waals surface area contributed by atoms with Gasteiger partial charge in [-0.05, 0) is 18.8 Å². The van der Waals surface area contributed by atoms with Gasteiger partial charge in [0.25, 0.3) is 5.56 Å². The minimum Gasteiger partial charge on any atom is -0.391 e. The molecule has 1 fully saturated rings. The molecular formula is C20H23F6N7O4. The molecule has 1 aliphatic heterocycles. The van der Waals surface area contributed by atoms with E-state index in [1.165, 1.54) is 4.90 Å². The zero-order valence-electron chi connectivity index (χ0n) is 19.1. The highest BCUT2D eigenvalue weighted by molar-refractivity contribution is 5.75.